The van der Waals surface area contributed by atoms with Gasteiger partial charge in [0.15, 0.2) is 0 Å². The highest BCUT2D eigenvalue weighted by Crippen LogP contribution is 2.03. The first-order valence-electron chi connectivity index (χ1n) is 4.78. The Kier molecular flexibility index (Phi) is 6.93. The lowest BCUT2D eigenvalue weighted by atomic mass is 10.2. The zero-order valence-electron chi connectivity index (χ0n) is 9.07. The number of hydrogen-bond donors (Lipinski definition) is 2. The number of benzene rings is 1. The number of hydrogen-bond acceptors (Lipinski definition) is 3. The zero-order valence-corrected chi connectivity index (χ0v) is 9.89. The lowest BCUT2D eigenvalue weighted by Crippen LogP contribution is -2.33. The first-order valence-corrected chi connectivity index (χ1v) is 4.78. The summed E-state index contributed by atoms with van der Waals surface area (Å²) in [6.07, 6.45) is 0. The van der Waals surface area contributed by atoms with Crippen molar-refractivity contribution >= 4 is 24.3 Å². The third-order valence-electron chi connectivity index (χ3n) is 1.97. The predicted octanol–water partition coefficient (Wildman–Crippen LogP) is 1.08. The van der Waals surface area contributed by atoms with Crippen LogP contribution in [-0.2, 0) is 16.1 Å². The Labute approximate surface area is 105 Å². The number of aliphatic carboxylic acids is 2. The highest BCUT2D eigenvalue weighted by Gasteiger charge is 2.13. The normalized spacial score (nSPS) is 9.71. The molecule has 0 fully saturated rings. The molecule has 0 spiro atoms. The smallest absolute Gasteiger partial charge is 0.317 e. The third kappa shape index (κ3) is 6.55. The van der Waals surface area contributed by atoms with Gasteiger partial charge in [-0.25, -0.2) is 0 Å². The van der Waals surface area contributed by atoms with Gasteiger partial charge in [0.2, 0.25) is 0 Å². The number of nitrogens with zero attached hydrogens (tertiary/aromatic N) is 1. The molecule has 5 nitrogen and oxygen atoms in total. The summed E-state index contributed by atoms with van der Waals surface area (Å²) >= 11 is 0. The highest BCUT2D eigenvalue weighted by atomic mass is 35.5. The quantitative estimate of drug-likeness (QED) is 0.799. The number of rotatable bonds is 6. The van der Waals surface area contributed by atoms with E-state index in [1.165, 1.54) is 4.90 Å². The third-order valence-corrected chi connectivity index (χ3v) is 1.97. The van der Waals surface area contributed by atoms with Crippen LogP contribution in [0.3, 0.4) is 0 Å². The molecule has 0 atom stereocenters. The van der Waals surface area contributed by atoms with Crippen molar-refractivity contribution in [2.24, 2.45) is 0 Å². The summed E-state index contributed by atoms with van der Waals surface area (Å²) < 4.78 is 0. The van der Waals surface area contributed by atoms with Crippen LogP contribution in [0.2, 0.25) is 0 Å². The van der Waals surface area contributed by atoms with E-state index < -0.39 is 11.9 Å². The molecule has 94 valence electrons. The molecule has 0 saturated heterocycles. The molecule has 0 aliphatic heterocycles. The van der Waals surface area contributed by atoms with E-state index in [0.717, 1.165) is 5.56 Å². The largest absolute Gasteiger partial charge is 0.480 e. The predicted molar refractivity (Wildman–Crippen MR) is 64.2 cm³/mol. The van der Waals surface area contributed by atoms with E-state index >= 15 is 0 Å². The van der Waals surface area contributed by atoms with Gasteiger partial charge in [-0.15, -0.1) is 12.4 Å². The molecule has 0 bridgehead atoms. The van der Waals surface area contributed by atoms with Gasteiger partial charge in [-0.2, -0.15) is 0 Å². The summed E-state index contributed by atoms with van der Waals surface area (Å²) in [5.74, 6) is -2.06. The molecule has 6 heteroatoms. The Morgan fingerprint density at radius 1 is 1.00 bits per heavy atom. The van der Waals surface area contributed by atoms with Crippen molar-refractivity contribution < 1.29 is 19.8 Å². The Balaban J connectivity index is 0.00000256. The summed E-state index contributed by atoms with van der Waals surface area (Å²) in [5.41, 5.74) is 0.894. The summed E-state index contributed by atoms with van der Waals surface area (Å²) in [6.45, 7) is -0.234. The van der Waals surface area contributed by atoms with Crippen LogP contribution in [0.1, 0.15) is 5.56 Å². The number of carbonyl (C=O) groups is 2. The first-order chi connectivity index (χ1) is 7.58. The van der Waals surface area contributed by atoms with E-state index in [1.807, 2.05) is 30.3 Å². The lowest BCUT2D eigenvalue weighted by Gasteiger charge is -2.17. The molecule has 0 aliphatic rings. The second-order valence-electron chi connectivity index (χ2n) is 3.42. The maximum Gasteiger partial charge on any atom is 0.317 e. The molecule has 17 heavy (non-hydrogen) atoms. The Morgan fingerprint density at radius 2 is 1.47 bits per heavy atom. The van der Waals surface area contributed by atoms with Crippen LogP contribution in [0.25, 0.3) is 0 Å². The van der Waals surface area contributed by atoms with E-state index in [2.05, 4.69) is 0 Å². The van der Waals surface area contributed by atoms with Crippen LogP contribution in [-0.4, -0.2) is 40.1 Å². The van der Waals surface area contributed by atoms with E-state index in [1.54, 1.807) is 0 Å². The SMILES string of the molecule is Cl.O=C(O)CN(CC(=O)O)Cc1ccccc1. The second kappa shape index (κ2) is 7.65. The lowest BCUT2D eigenvalue weighted by molar-refractivity contribution is -0.142. The van der Waals surface area contributed by atoms with Crippen LogP contribution in [0.5, 0.6) is 0 Å². The molecule has 0 saturated carbocycles. The molecule has 2 N–H and O–H groups in total. The molecular weight excluding hydrogens is 246 g/mol. The monoisotopic (exact) mass is 259 g/mol. The number of halogens is 1. The van der Waals surface area contributed by atoms with Gasteiger partial charge in [-0.3, -0.25) is 14.5 Å². The maximum absolute atomic E-state index is 10.5. The van der Waals surface area contributed by atoms with Crippen molar-refractivity contribution in [2.75, 3.05) is 13.1 Å². The number of carboxylic acid groups (broad SMARTS) is 2. The fourth-order valence-electron chi connectivity index (χ4n) is 1.39. The van der Waals surface area contributed by atoms with Gasteiger partial charge < -0.3 is 10.2 Å². The van der Waals surface area contributed by atoms with Crippen molar-refractivity contribution in [3.05, 3.63) is 35.9 Å². The van der Waals surface area contributed by atoms with E-state index in [-0.39, 0.29) is 25.5 Å². The Hall–Kier alpha value is -1.59. The van der Waals surface area contributed by atoms with Crippen molar-refractivity contribution in [1.82, 2.24) is 4.90 Å². The Morgan fingerprint density at radius 3 is 1.88 bits per heavy atom. The zero-order chi connectivity index (χ0) is 12.0. The van der Waals surface area contributed by atoms with Crippen LogP contribution in [0, 0.1) is 0 Å². The van der Waals surface area contributed by atoms with Crippen LogP contribution in [0.4, 0.5) is 0 Å². The molecule has 0 heterocycles. The minimum absolute atomic E-state index is 0. The van der Waals surface area contributed by atoms with Crippen molar-refractivity contribution in [2.45, 2.75) is 6.54 Å². The van der Waals surface area contributed by atoms with Gasteiger partial charge in [-0.1, -0.05) is 30.3 Å². The molecule has 1 rings (SSSR count). The molecule has 1 aromatic rings. The van der Waals surface area contributed by atoms with Gasteiger partial charge in [0.1, 0.15) is 0 Å². The molecule has 0 aliphatic carbocycles. The molecule has 0 radical (unpaired) electrons. The molecule has 0 unspecified atom stereocenters. The highest BCUT2D eigenvalue weighted by molar-refractivity contribution is 5.85. The average Bonchev–Trinajstić information content (AvgIpc) is 2.16. The minimum Gasteiger partial charge on any atom is -0.480 e. The van der Waals surface area contributed by atoms with Crippen LogP contribution < -0.4 is 0 Å². The number of carboxylic acids is 2. The van der Waals surface area contributed by atoms with E-state index in [4.69, 9.17) is 10.2 Å². The van der Waals surface area contributed by atoms with E-state index in [9.17, 15) is 9.59 Å². The van der Waals surface area contributed by atoms with Gasteiger partial charge in [0.25, 0.3) is 0 Å². The van der Waals surface area contributed by atoms with Crippen molar-refractivity contribution in [3.8, 4) is 0 Å². The first kappa shape index (κ1) is 15.4. The molecule has 0 aromatic heterocycles. The van der Waals surface area contributed by atoms with Crippen LogP contribution in [0.15, 0.2) is 30.3 Å². The molecular formula is C11H14ClNO4. The van der Waals surface area contributed by atoms with Gasteiger partial charge >= 0.3 is 11.9 Å². The van der Waals surface area contributed by atoms with Crippen molar-refractivity contribution in [1.29, 1.82) is 0 Å². The summed E-state index contributed by atoms with van der Waals surface area (Å²) in [5, 5.41) is 17.3. The van der Waals surface area contributed by atoms with Gasteiger partial charge in [-0.05, 0) is 5.56 Å². The van der Waals surface area contributed by atoms with Gasteiger partial charge in [0.05, 0.1) is 13.1 Å². The summed E-state index contributed by atoms with van der Waals surface area (Å²) in [7, 11) is 0. The summed E-state index contributed by atoms with van der Waals surface area (Å²) in [4.78, 5) is 22.5. The van der Waals surface area contributed by atoms with Crippen molar-refractivity contribution in [3.63, 3.8) is 0 Å². The molecule has 0 amide bonds. The standard InChI is InChI=1S/C11H13NO4.ClH/c13-10(14)7-12(8-11(15)16)6-9-4-2-1-3-5-9;/h1-5H,6-8H2,(H,13,14)(H,15,16);1H. The second-order valence-corrected chi connectivity index (χ2v) is 3.42. The fourth-order valence-corrected chi connectivity index (χ4v) is 1.39. The van der Waals surface area contributed by atoms with E-state index in [0.29, 0.717) is 6.54 Å². The maximum atomic E-state index is 10.5. The van der Waals surface area contributed by atoms with Gasteiger partial charge in [0, 0.05) is 6.54 Å². The Bertz CT molecular complexity index is 353. The minimum atomic E-state index is -1.03. The summed E-state index contributed by atoms with van der Waals surface area (Å²) in [6, 6.07) is 9.17. The fraction of sp³-hybridized carbons (Fsp3) is 0.273. The molecule has 1 aromatic carbocycles. The topological polar surface area (TPSA) is 77.8 Å². The van der Waals surface area contributed by atoms with Crippen LogP contribution >= 0.6 is 12.4 Å². The average molecular weight is 260 g/mol.